The molecular weight excluding hydrogens is 673 g/mol. The van der Waals surface area contributed by atoms with Crippen LogP contribution in [0.25, 0.3) is 0 Å². The molecule has 3 fully saturated rings. The number of nitrogens with two attached hydrogens (primary N) is 1. The molecule has 0 saturated heterocycles. The van der Waals surface area contributed by atoms with Crippen LogP contribution in [-0.2, 0) is 0 Å². The minimum atomic E-state index is -0.0681. The fourth-order valence-corrected chi connectivity index (χ4v) is 8.72. The Hall–Kier alpha value is -6.46. The van der Waals surface area contributed by atoms with Gasteiger partial charge in [0.2, 0.25) is 0 Å². The molecule has 0 aromatic carbocycles. The molecule has 0 aromatic heterocycles. The zero-order valence-corrected chi connectivity index (χ0v) is 32.3. The van der Waals surface area contributed by atoms with Gasteiger partial charge in [0, 0.05) is 82.9 Å². The highest BCUT2D eigenvalue weighted by molar-refractivity contribution is 5.48. The second-order valence-electron chi connectivity index (χ2n) is 14.8. The summed E-state index contributed by atoms with van der Waals surface area (Å²) in [7, 11) is 0. The Morgan fingerprint density at radius 1 is 0.745 bits per heavy atom. The van der Waals surface area contributed by atoms with E-state index >= 15 is 0 Å². The summed E-state index contributed by atoms with van der Waals surface area (Å²) in [6.07, 6.45) is 25.0. The predicted molar refractivity (Wildman–Crippen MR) is 267 cm³/mol. The standard InChI is InChI=1S/C26H2.C25H43NO.HNO.21H2/c1-3-5-7-9-11-13-15-17-19-21-23-25-26-24-22-20-18-16-14-12-10-8-6-4-2;1-16(11-13-24(2,3)26)22-9-10-23-21-7-5-17-15-18(27)6-8-19(17)20(21)12-14-25(22,23)4;1-2;;;;;;;;;;;;;;;;;;;;;/h1-2H;5,16,18-23,27H,6-15,26H2,1-4H3;1H;21*1H/t;16-,18+,19+,20-,21-,22-,23+,25-;;;;;;;;;;;;;;;;;;;;;;/m.1....................../s1. The van der Waals surface area contributed by atoms with Crippen molar-refractivity contribution in [3.8, 4) is 155 Å². The maximum Gasteiger partial charge on any atom is 0.0577 e. The van der Waals surface area contributed by atoms with Gasteiger partial charge in [-0.25, -0.2) is 0 Å². The molecule has 0 heterocycles. The lowest BCUT2D eigenvalue weighted by Crippen LogP contribution is -2.47. The van der Waals surface area contributed by atoms with Gasteiger partial charge in [0.15, 0.2) is 0 Å². The van der Waals surface area contributed by atoms with Crippen molar-refractivity contribution < 1.29 is 35.1 Å². The van der Waals surface area contributed by atoms with Crippen molar-refractivity contribution in [1.82, 2.24) is 0 Å². The van der Waals surface area contributed by atoms with Crippen LogP contribution in [0.15, 0.2) is 11.6 Å². The number of nitrogens with one attached hydrogen (secondary N) is 1. The van der Waals surface area contributed by atoms with E-state index in [-0.39, 0.29) is 41.6 Å². The molecule has 3 saturated carbocycles. The third-order valence-electron chi connectivity index (χ3n) is 10.9. The molecule has 0 amide bonds. The number of rotatable bonds is 4. The SMILES string of the molecule is C#CC#CC#CC#CC#CC#CC#CC#CC#CC#CC#CC#CC#C.C[C@H](CCC(C)(C)N)[C@H]1CC[C@H]2[C@@H]3CC=C4C[C@@H](O)CC[C@@H]4[C@H]3CC[C@]12C.N=O.[HH].[HH].[HH].[HH].[HH].[HH].[HH].[HH].[HH].[HH].[HH].[HH].[HH].[HH].[HH].[HH].[HH].[HH].[HH].[HH].[HH]. The molecule has 314 valence electrons. The first kappa shape index (κ1) is 44.7. The Morgan fingerprint density at radius 2 is 1.18 bits per heavy atom. The van der Waals surface area contributed by atoms with E-state index in [9.17, 15) is 5.11 Å². The summed E-state index contributed by atoms with van der Waals surface area (Å²) < 4.78 is 0. The zero-order valence-electron chi connectivity index (χ0n) is 32.3. The summed E-state index contributed by atoms with van der Waals surface area (Å²) >= 11 is 0. The van der Waals surface area contributed by atoms with Crippen molar-refractivity contribution >= 4 is 0 Å². The molecule has 4 aliphatic carbocycles. The summed E-state index contributed by atoms with van der Waals surface area (Å²) in [5, 5.41) is 10.1. The molecule has 4 aliphatic rings. The fourth-order valence-electron chi connectivity index (χ4n) is 8.72. The average Bonchev–Trinajstić information content (AvgIpc) is 3.53. The van der Waals surface area contributed by atoms with Gasteiger partial charge in [0.1, 0.15) is 0 Å². The molecule has 0 radical (unpaired) electrons. The van der Waals surface area contributed by atoms with Crippen LogP contribution in [-0.4, -0.2) is 16.7 Å². The number of hydrogen-bond acceptors (Lipinski definition) is 4. The van der Waals surface area contributed by atoms with E-state index in [1.54, 1.807) is 5.57 Å². The topological polar surface area (TPSA) is 87.2 Å². The first-order valence-electron chi connectivity index (χ1n) is 18.4. The molecule has 4 rings (SSSR count). The highest BCUT2D eigenvalue weighted by Gasteiger charge is 2.56. The summed E-state index contributed by atoms with van der Waals surface area (Å²) in [4.78, 5) is 7.50. The van der Waals surface area contributed by atoms with Crippen molar-refractivity contribution in [2.45, 2.75) is 104 Å². The van der Waals surface area contributed by atoms with Gasteiger partial charge < -0.3 is 10.8 Å². The molecular formula is C51H88N2O2. The van der Waals surface area contributed by atoms with Gasteiger partial charge in [-0.05, 0) is 214 Å². The second kappa shape index (κ2) is 24.7. The molecule has 0 unspecified atom stereocenters. The number of aliphatic hydroxyl groups is 1. The van der Waals surface area contributed by atoms with Crippen LogP contribution in [0.3, 0.4) is 0 Å². The van der Waals surface area contributed by atoms with Gasteiger partial charge in [-0.2, -0.15) is 4.91 Å². The number of hydrogen-bond donors (Lipinski definition) is 3. The molecule has 4 heteroatoms. The van der Waals surface area contributed by atoms with E-state index in [0.717, 1.165) is 54.8 Å². The zero-order chi connectivity index (χ0) is 40.4. The Balaban J connectivity index is -0.0000000350. The third kappa shape index (κ3) is 15.6. The van der Waals surface area contributed by atoms with Crippen molar-refractivity contribution in [1.29, 1.82) is 5.59 Å². The second-order valence-corrected chi connectivity index (χ2v) is 14.8. The lowest BCUT2D eigenvalue weighted by Gasteiger charge is -2.54. The summed E-state index contributed by atoms with van der Waals surface area (Å²) in [5.41, 5.74) is 12.9. The van der Waals surface area contributed by atoms with E-state index in [0.29, 0.717) is 5.41 Å². The minimum Gasteiger partial charge on any atom is -0.393 e. The van der Waals surface area contributed by atoms with Gasteiger partial charge in [-0.1, -0.05) is 31.1 Å². The van der Waals surface area contributed by atoms with E-state index in [2.05, 4.69) is 181 Å². The molecule has 0 bridgehead atoms. The van der Waals surface area contributed by atoms with Crippen LogP contribution in [0.4, 0.5) is 0 Å². The van der Waals surface area contributed by atoms with Crippen LogP contribution >= 0.6 is 0 Å². The Morgan fingerprint density at radius 3 is 1.60 bits per heavy atom. The maximum absolute atomic E-state index is 10.1. The molecule has 4 nitrogen and oxygen atoms in total. The van der Waals surface area contributed by atoms with Crippen LogP contribution in [0.1, 0.15) is 122 Å². The van der Waals surface area contributed by atoms with Crippen molar-refractivity contribution in [3.05, 3.63) is 16.6 Å². The molecule has 55 heavy (non-hydrogen) atoms. The lowest BCUT2D eigenvalue weighted by atomic mass is 9.51. The minimum absolute atomic E-state index is 0. The Labute approximate surface area is 362 Å². The number of aliphatic hydroxyl groups excluding tert-OH is 1. The highest BCUT2D eigenvalue weighted by Crippen LogP contribution is 2.64. The smallest absolute Gasteiger partial charge is 0.0577 e. The molecule has 0 spiro atoms. The molecule has 4 N–H and O–H groups in total. The van der Waals surface area contributed by atoms with Gasteiger partial charge >= 0.3 is 0 Å². The van der Waals surface area contributed by atoms with E-state index < -0.39 is 0 Å². The van der Waals surface area contributed by atoms with Crippen LogP contribution < -0.4 is 5.73 Å². The molecule has 0 aromatic rings. The van der Waals surface area contributed by atoms with Crippen LogP contribution in [0.2, 0.25) is 0 Å². The van der Waals surface area contributed by atoms with Crippen molar-refractivity contribution in [3.63, 3.8) is 0 Å². The third-order valence-corrected chi connectivity index (χ3v) is 10.9. The van der Waals surface area contributed by atoms with Crippen LogP contribution in [0, 0.1) is 206 Å². The number of terminal acetylenes is 2. The normalized spacial score (nSPS) is 24.2. The van der Waals surface area contributed by atoms with Gasteiger partial charge in [-0.3, -0.25) is 0 Å². The molecule has 0 aliphatic heterocycles. The number of nitroso groups, excluding NO2 is 1. The van der Waals surface area contributed by atoms with Crippen LogP contribution in [0.5, 0.6) is 0 Å². The summed E-state index contributed by atoms with van der Waals surface area (Å²) in [6.45, 7) is 9.52. The average molecular weight is 761 g/mol. The number of allylic oxidation sites excluding steroid dienone is 1. The maximum atomic E-state index is 10.1. The fraction of sp³-hybridized carbons (Fsp3) is 0.451. The van der Waals surface area contributed by atoms with E-state index in [1.165, 1.54) is 44.9 Å². The quantitative estimate of drug-likeness (QED) is 0.151. The van der Waals surface area contributed by atoms with Gasteiger partial charge in [0.25, 0.3) is 0 Å². The Kier molecular flexibility index (Phi) is 20.1. The van der Waals surface area contributed by atoms with Gasteiger partial charge in [0.05, 0.1) is 6.10 Å². The van der Waals surface area contributed by atoms with Gasteiger partial charge in [-0.15, -0.1) is 12.8 Å². The highest BCUT2D eigenvalue weighted by atomic mass is 16.3. The first-order valence-corrected chi connectivity index (χ1v) is 18.4. The number of fused-ring (bicyclic) bond motifs is 5. The van der Waals surface area contributed by atoms with Crippen molar-refractivity contribution in [2.24, 2.45) is 46.7 Å². The predicted octanol–water partition coefficient (Wildman–Crippen LogP) is 11.5. The van der Waals surface area contributed by atoms with Crippen molar-refractivity contribution in [2.75, 3.05) is 0 Å². The monoisotopic (exact) mass is 761 g/mol. The summed E-state index contributed by atoms with van der Waals surface area (Å²) in [6, 6.07) is 0. The first-order chi connectivity index (χ1) is 26.6. The summed E-state index contributed by atoms with van der Waals surface area (Å²) in [5.74, 6) is 63.4. The van der Waals surface area contributed by atoms with E-state index in [4.69, 9.17) is 23.5 Å². The largest absolute Gasteiger partial charge is 0.393 e. The lowest BCUT2D eigenvalue weighted by molar-refractivity contribution is -0.0297. The molecule has 8 atom stereocenters. The van der Waals surface area contributed by atoms with E-state index in [1.807, 2.05) is 0 Å². The Bertz CT molecular complexity index is 2190.